The average Bonchev–Trinajstić information content (AvgIpc) is 3.05. The molecular weight excluding hydrogens is 427 g/mol. The van der Waals surface area contributed by atoms with Crippen LogP contribution in [0.2, 0.25) is 5.02 Å². The van der Waals surface area contributed by atoms with Crippen LogP contribution in [0.25, 0.3) is 5.78 Å². The molecule has 29 heavy (non-hydrogen) atoms. The predicted octanol–water partition coefficient (Wildman–Crippen LogP) is 4.71. The number of hydrogen-bond acceptors (Lipinski definition) is 5. The Labute approximate surface area is 173 Å². The Bertz CT molecular complexity index is 1080. The minimum Gasteiger partial charge on any atom is -0.326 e. The van der Waals surface area contributed by atoms with Gasteiger partial charge in [0, 0.05) is 23.5 Å². The Morgan fingerprint density at radius 2 is 2.00 bits per heavy atom. The van der Waals surface area contributed by atoms with Gasteiger partial charge in [0.2, 0.25) is 11.1 Å². The molecule has 3 rings (SSSR count). The number of nitrogens with one attached hydrogen (secondary N) is 1. The van der Waals surface area contributed by atoms with Crippen LogP contribution in [0, 0.1) is 13.8 Å². The maximum Gasteiger partial charge on any atom is 0.417 e. The minimum atomic E-state index is -4.60. The molecule has 0 aliphatic carbocycles. The van der Waals surface area contributed by atoms with Crippen molar-refractivity contribution in [3.8, 4) is 0 Å². The number of alkyl halides is 3. The summed E-state index contributed by atoms with van der Waals surface area (Å²) in [5.74, 6) is 0.0705. The van der Waals surface area contributed by atoms with Crippen LogP contribution in [-0.4, -0.2) is 31.7 Å². The molecule has 0 saturated carbocycles. The molecule has 1 N–H and O–H groups in total. The monoisotopic (exact) mass is 443 g/mol. The summed E-state index contributed by atoms with van der Waals surface area (Å²) in [5, 5.41) is 7.02. The highest BCUT2D eigenvalue weighted by Gasteiger charge is 2.33. The first-order chi connectivity index (χ1) is 13.6. The van der Waals surface area contributed by atoms with Crippen LogP contribution >= 0.6 is 23.4 Å². The van der Waals surface area contributed by atoms with E-state index in [1.165, 1.54) is 17.8 Å². The van der Waals surface area contributed by atoms with Crippen LogP contribution in [0.4, 0.5) is 18.9 Å². The van der Waals surface area contributed by atoms with Gasteiger partial charge in [-0.15, -0.1) is 5.10 Å². The van der Waals surface area contributed by atoms with Gasteiger partial charge in [0.05, 0.1) is 10.6 Å². The molecule has 0 aliphatic heterocycles. The summed E-state index contributed by atoms with van der Waals surface area (Å²) in [4.78, 5) is 21.0. The van der Waals surface area contributed by atoms with Crippen LogP contribution in [0.1, 0.15) is 28.9 Å². The van der Waals surface area contributed by atoms with Crippen molar-refractivity contribution in [2.24, 2.45) is 0 Å². The molecule has 0 saturated heterocycles. The number of thioether (sulfide) groups is 1. The summed E-state index contributed by atoms with van der Waals surface area (Å²) in [7, 11) is 0. The highest BCUT2D eigenvalue weighted by Crippen LogP contribution is 2.36. The number of aromatic nitrogens is 4. The number of amides is 1. The van der Waals surface area contributed by atoms with Gasteiger partial charge in [-0.2, -0.15) is 18.2 Å². The molecule has 0 unspecified atom stereocenters. The number of benzene rings is 1. The molecule has 2 heterocycles. The van der Waals surface area contributed by atoms with E-state index >= 15 is 0 Å². The van der Waals surface area contributed by atoms with Gasteiger partial charge >= 0.3 is 6.18 Å². The summed E-state index contributed by atoms with van der Waals surface area (Å²) in [5.41, 5.74) is 1.44. The number of aryl methyl sites for hydroxylation is 2. The van der Waals surface area contributed by atoms with Crippen LogP contribution in [0.5, 0.6) is 0 Å². The van der Waals surface area contributed by atoms with E-state index in [2.05, 4.69) is 20.4 Å². The Morgan fingerprint density at radius 3 is 2.66 bits per heavy atom. The smallest absolute Gasteiger partial charge is 0.326 e. The summed E-state index contributed by atoms with van der Waals surface area (Å²) in [6.07, 6.45) is -2.30. The molecule has 154 valence electrons. The van der Waals surface area contributed by atoms with Crippen molar-refractivity contribution >= 4 is 40.7 Å². The standard InChI is InChI=1S/C18H17ClF3N5OS/c1-9-12(10(2)27-16(23-9)25-17(26-27)29-3)5-7-15(28)24-11-4-6-14(19)13(8-11)18(20,21)22/h4,6,8H,5,7H2,1-3H3,(H,24,28). The first-order valence-electron chi connectivity index (χ1n) is 8.53. The normalized spacial score (nSPS) is 11.8. The van der Waals surface area contributed by atoms with Crippen molar-refractivity contribution in [3.05, 3.63) is 45.7 Å². The van der Waals surface area contributed by atoms with Gasteiger partial charge in [0.15, 0.2) is 0 Å². The lowest BCUT2D eigenvalue weighted by atomic mass is 10.1. The van der Waals surface area contributed by atoms with Crippen LogP contribution in [-0.2, 0) is 17.4 Å². The number of halogens is 4. The quantitative estimate of drug-likeness (QED) is 0.578. The fourth-order valence-corrected chi connectivity index (χ4v) is 3.48. The van der Waals surface area contributed by atoms with Crippen molar-refractivity contribution in [2.45, 2.75) is 38.0 Å². The number of anilines is 1. The third-order valence-electron chi connectivity index (χ3n) is 4.37. The molecule has 1 amide bonds. The van der Waals surface area contributed by atoms with E-state index < -0.39 is 22.7 Å². The SMILES string of the molecule is CSc1nc2nc(C)c(CCC(=O)Nc3ccc(Cl)c(C(F)(F)F)c3)c(C)n2n1. The average molecular weight is 444 g/mol. The van der Waals surface area contributed by atoms with E-state index in [1.54, 1.807) is 4.52 Å². The molecule has 3 aromatic rings. The molecule has 1 aromatic carbocycles. The van der Waals surface area contributed by atoms with Gasteiger partial charge in [0.1, 0.15) is 0 Å². The third kappa shape index (κ3) is 4.64. The lowest BCUT2D eigenvalue weighted by Gasteiger charge is -2.13. The minimum absolute atomic E-state index is 0.0367. The fraction of sp³-hybridized carbons (Fsp3) is 0.333. The van der Waals surface area contributed by atoms with E-state index in [-0.39, 0.29) is 12.1 Å². The third-order valence-corrected chi connectivity index (χ3v) is 5.24. The summed E-state index contributed by atoms with van der Waals surface area (Å²) < 4.78 is 40.5. The number of carbonyl (C=O) groups is 1. The van der Waals surface area contributed by atoms with E-state index in [0.29, 0.717) is 17.4 Å². The van der Waals surface area contributed by atoms with Gasteiger partial charge < -0.3 is 5.32 Å². The topological polar surface area (TPSA) is 72.2 Å². The summed E-state index contributed by atoms with van der Waals surface area (Å²) in [6, 6.07) is 3.27. The molecular formula is C18H17ClF3N5OS. The Morgan fingerprint density at radius 1 is 1.28 bits per heavy atom. The maximum absolute atomic E-state index is 13.0. The van der Waals surface area contributed by atoms with Gasteiger partial charge in [-0.3, -0.25) is 4.79 Å². The number of fused-ring (bicyclic) bond motifs is 1. The first-order valence-corrected chi connectivity index (χ1v) is 10.1. The Hall–Kier alpha value is -2.33. The van der Waals surface area contributed by atoms with Crippen molar-refractivity contribution < 1.29 is 18.0 Å². The molecule has 0 fully saturated rings. The zero-order valence-electron chi connectivity index (χ0n) is 15.8. The maximum atomic E-state index is 13.0. The fourth-order valence-electron chi connectivity index (χ4n) is 2.92. The molecule has 6 nitrogen and oxygen atoms in total. The Balaban J connectivity index is 1.74. The lowest BCUT2D eigenvalue weighted by Crippen LogP contribution is -2.15. The number of rotatable bonds is 5. The van der Waals surface area contributed by atoms with Gasteiger partial charge in [-0.05, 0) is 50.3 Å². The zero-order valence-corrected chi connectivity index (χ0v) is 17.3. The second-order valence-corrected chi connectivity index (χ2v) is 7.49. The molecule has 0 radical (unpaired) electrons. The van der Waals surface area contributed by atoms with E-state index in [0.717, 1.165) is 29.1 Å². The van der Waals surface area contributed by atoms with Gasteiger partial charge in [0.25, 0.3) is 5.78 Å². The largest absolute Gasteiger partial charge is 0.417 e. The van der Waals surface area contributed by atoms with E-state index in [1.807, 2.05) is 20.1 Å². The van der Waals surface area contributed by atoms with Crippen molar-refractivity contribution in [1.29, 1.82) is 0 Å². The van der Waals surface area contributed by atoms with Gasteiger partial charge in [-0.25, -0.2) is 9.50 Å². The van der Waals surface area contributed by atoms with Crippen LogP contribution in [0.15, 0.2) is 23.4 Å². The second-order valence-electron chi connectivity index (χ2n) is 6.31. The number of nitrogens with zero attached hydrogens (tertiary/aromatic N) is 4. The van der Waals surface area contributed by atoms with Crippen molar-refractivity contribution in [1.82, 2.24) is 19.6 Å². The number of hydrogen-bond donors (Lipinski definition) is 1. The summed E-state index contributed by atoms with van der Waals surface area (Å²) >= 11 is 7.00. The number of carbonyl (C=O) groups excluding carboxylic acids is 1. The molecule has 11 heteroatoms. The predicted molar refractivity (Wildman–Crippen MR) is 105 cm³/mol. The molecule has 0 bridgehead atoms. The van der Waals surface area contributed by atoms with E-state index in [9.17, 15) is 18.0 Å². The zero-order chi connectivity index (χ0) is 21.3. The highest BCUT2D eigenvalue weighted by molar-refractivity contribution is 7.98. The van der Waals surface area contributed by atoms with Gasteiger partial charge in [-0.1, -0.05) is 23.4 Å². The van der Waals surface area contributed by atoms with Crippen molar-refractivity contribution in [3.63, 3.8) is 0 Å². The molecule has 0 atom stereocenters. The van der Waals surface area contributed by atoms with E-state index in [4.69, 9.17) is 11.6 Å². The summed E-state index contributed by atoms with van der Waals surface area (Å²) in [6.45, 7) is 3.69. The molecule has 0 spiro atoms. The van der Waals surface area contributed by atoms with Crippen molar-refractivity contribution in [2.75, 3.05) is 11.6 Å². The molecule has 2 aromatic heterocycles. The second kappa shape index (κ2) is 8.19. The van der Waals surface area contributed by atoms with Crippen LogP contribution < -0.4 is 5.32 Å². The first kappa shape index (κ1) is 21.4. The molecule has 0 aliphatic rings. The van der Waals surface area contributed by atoms with Crippen LogP contribution in [0.3, 0.4) is 0 Å². The Kier molecular flexibility index (Phi) is 6.04. The highest BCUT2D eigenvalue weighted by atomic mass is 35.5. The lowest BCUT2D eigenvalue weighted by molar-refractivity contribution is -0.137.